The highest BCUT2D eigenvalue weighted by molar-refractivity contribution is 5.76. The highest BCUT2D eigenvalue weighted by Crippen LogP contribution is 1.99. The summed E-state index contributed by atoms with van der Waals surface area (Å²) in [6, 6.07) is 4.11. The molecule has 1 amide bonds. The number of nitrogens with one attached hydrogen (secondary N) is 3. The lowest BCUT2D eigenvalue weighted by Crippen LogP contribution is -2.53. The monoisotopic (exact) mass is 206 g/mol. The zero-order valence-corrected chi connectivity index (χ0v) is 8.36. The highest BCUT2D eigenvalue weighted by Gasteiger charge is 2.17. The molecule has 2 heterocycles. The van der Waals surface area contributed by atoms with Crippen molar-refractivity contribution in [1.82, 2.24) is 21.2 Å². The summed E-state index contributed by atoms with van der Waals surface area (Å²) in [5.74, 6) is 0.0323. The van der Waals surface area contributed by atoms with Gasteiger partial charge in [-0.25, -0.2) is 5.43 Å². The van der Waals surface area contributed by atoms with Gasteiger partial charge in [-0.05, 0) is 11.6 Å². The van der Waals surface area contributed by atoms with Crippen LogP contribution in [-0.4, -0.2) is 23.5 Å². The summed E-state index contributed by atoms with van der Waals surface area (Å²) in [7, 11) is 0. The summed E-state index contributed by atoms with van der Waals surface area (Å²) in [5.41, 5.74) is 6.54. The van der Waals surface area contributed by atoms with Crippen molar-refractivity contribution in [3.05, 3.63) is 30.1 Å². The first kappa shape index (κ1) is 10.1. The molecule has 15 heavy (non-hydrogen) atoms. The predicted molar refractivity (Wildman–Crippen MR) is 55.6 cm³/mol. The van der Waals surface area contributed by atoms with Gasteiger partial charge in [-0.2, -0.15) is 0 Å². The molecule has 0 aromatic carbocycles. The van der Waals surface area contributed by atoms with Gasteiger partial charge < -0.3 is 5.32 Å². The van der Waals surface area contributed by atoms with Crippen molar-refractivity contribution >= 4 is 5.91 Å². The van der Waals surface area contributed by atoms with Gasteiger partial charge in [0.1, 0.15) is 0 Å². The second-order valence-electron chi connectivity index (χ2n) is 3.57. The molecule has 1 fully saturated rings. The number of hydrogen-bond acceptors (Lipinski definition) is 4. The van der Waals surface area contributed by atoms with Gasteiger partial charge in [-0.15, -0.1) is 0 Å². The van der Waals surface area contributed by atoms with Gasteiger partial charge in [0.2, 0.25) is 5.91 Å². The minimum absolute atomic E-state index is 0.0323. The number of carbonyl (C=O) groups excluding carboxylic acids is 1. The van der Waals surface area contributed by atoms with E-state index in [2.05, 4.69) is 21.2 Å². The van der Waals surface area contributed by atoms with Crippen LogP contribution in [0.15, 0.2) is 24.5 Å². The van der Waals surface area contributed by atoms with Crippen molar-refractivity contribution in [3.63, 3.8) is 0 Å². The predicted octanol–water partition coefficient (Wildman–Crippen LogP) is -0.436. The zero-order chi connectivity index (χ0) is 10.5. The van der Waals surface area contributed by atoms with Crippen molar-refractivity contribution in [2.45, 2.75) is 19.0 Å². The van der Waals surface area contributed by atoms with Gasteiger partial charge in [-0.3, -0.25) is 15.2 Å². The molecule has 0 radical (unpaired) electrons. The van der Waals surface area contributed by atoms with Crippen LogP contribution in [0.25, 0.3) is 0 Å². The lowest BCUT2D eigenvalue weighted by molar-refractivity contribution is -0.124. The average molecular weight is 206 g/mol. The third-order valence-corrected chi connectivity index (χ3v) is 2.33. The van der Waals surface area contributed by atoms with Gasteiger partial charge in [-0.1, -0.05) is 6.07 Å². The first-order chi connectivity index (χ1) is 7.34. The smallest absolute Gasteiger partial charge is 0.235 e. The second kappa shape index (κ2) is 4.86. The fourth-order valence-electron chi connectivity index (χ4n) is 1.53. The largest absolute Gasteiger partial charge is 0.308 e. The SMILES string of the molecule is O=C1CC(NCc2cccnc2)CNN1. The normalized spacial score (nSPS) is 21.1. The quantitative estimate of drug-likeness (QED) is 0.627. The second-order valence-corrected chi connectivity index (χ2v) is 3.57. The third-order valence-electron chi connectivity index (χ3n) is 2.33. The number of carbonyl (C=O) groups is 1. The van der Waals surface area contributed by atoms with E-state index in [0.29, 0.717) is 6.42 Å². The molecule has 1 aliphatic rings. The van der Waals surface area contributed by atoms with Crippen LogP contribution in [0.2, 0.25) is 0 Å². The van der Waals surface area contributed by atoms with Crippen molar-refractivity contribution in [1.29, 1.82) is 0 Å². The van der Waals surface area contributed by atoms with Gasteiger partial charge >= 0.3 is 0 Å². The Morgan fingerprint density at radius 1 is 1.60 bits per heavy atom. The van der Waals surface area contributed by atoms with Crippen LogP contribution in [0.3, 0.4) is 0 Å². The van der Waals surface area contributed by atoms with E-state index in [9.17, 15) is 4.79 Å². The lowest BCUT2D eigenvalue weighted by Gasteiger charge is -2.23. The fourth-order valence-corrected chi connectivity index (χ4v) is 1.53. The molecule has 1 aromatic heterocycles. The minimum Gasteiger partial charge on any atom is -0.308 e. The van der Waals surface area contributed by atoms with E-state index in [1.807, 2.05) is 18.3 Å². The molecule has 0 bridgehead atoms. The van der Waals surface area contributed by atoms with Gasteiger partial charge in [0.25, 0.3) is 0 Å². The number of amides is 1. The Morgan fingerprint density at radius 3 is 3.27 bits per heavy atom. The molecule has 1 aliphatic heterocycles. The summed E-state index contributed by atoms with van der Waals surface area (Å²) in [6.45, 7) is 1.50. The number of aromatic nitrogens is 1. The summed E-state index contributed by atoms with van der Waals surface area (Å²) < 4.78 is 0. The summed E-state index contributed by atoms with van der Waals surface area (Å²) in [4.78, 5) is 15.1. The molecule has 0 spiro atoms. The molecule has 5 heteroatoms. The molecular formula is C10H14N4O. The van der Waals surface area contributed by atoms with Crippen LogP contribution in [0, 0.1) is 0 Å². The molecule has 1 saturated heterocycles. The maximum atomic E-state index is 11.1. The maximum absolute atomic E-state index is 11.1. The van der Waals surface area contributed by atoms with E-state index >= 15 is 0 Å². The third kappa shape index (κ3) is 3.00. The molecule has 5 nitrogen and oxygen atoms in total. The summed E-state index contributed by atoms with van der Waals surface area (Å²) in [5, 5.41) is 3.30. The maximum Gasteiger partial charge on any atom is 0.235 e. The molecular weight excluding hydrogens is 192 g/mol. The molecule has 2 rings (SSSR count). The van der Waals surface area contributed by atoms with E-state index in [-0.39, 0.29) is 11.9 Å². The van der Waals surface area contributed by atoms with E-state index in [1.54, 1.807) is 6.20 Å². The Kier molecular flexibility index (Phi) is 3.26. The Balaban J connectivity index is 1.80. The summed E-state index contributed by atoms with van der Waals surface area (Å²) >= 11 is 0. The fraction of sp³-hybridized carbons (Fsp3) is 0.400. The number of nitrogens with zero attached hydrogens (tertiary/aromatic N) is 1. The molecule has 1 aromatic rings. The van der Waals surface area contributed by atoms with Gasteiger partial charge in [0.15, 0.2) is 0 Å². The molecule has 0 aliphatic carbocycles. The zero-order valence-electron chi connectivity index (χ0n) is 8.36. The van der Waals surface area contributed by atoms with Crippen LogP contribution in [0.4, 0.5) is 0 Å². The van der Waals surface area contributed by atoms with E-state index in [4.69, 9.17) is 0 Å². The standard InChI is InChI=1S/C10H14N4O/c15-10-4-9(7-13-14-10)12-6-8-2-1-3-11-5-8/h1-3,5,9,12-13H,4,6-7H2,(H,14,15). The van der Waals surface area contributed by atoms with E-state index in [0.717, 1.165) is 18.7 Å². The number of hydrogen-bond donors (Lipinski definition) is 3. The minimum atomic E-state index is 0.0323. The molecule has 80 valence electrons. The number of hydrazine groups is 1. The first-order valence-corrected chi connectivity index (χ1v) is 4.98. The van der Waals surface area contributed by atoms with Crippen molar-refractivity contribution < 1.29 is 4.79 Å². The number of rotatable bonds is 3. The van der Waals surface area contributed by atoms with Gasteiger partial charge in [0, 0.05) is 37.9 Å². The van der Waals surface area contributed by atoms with Crippen molar-refractivity contribution in [3.8, 4) is 0 Å². The Bertz CT molecular complexity index is 327. The molecule has 0 saturated carbocycles. The Morgan fingerprint density at radius 2 is 2.53 bits per heavy atom. The summed E-state index contributed by atoms with van der Waals surface area (Å²) in [6.07, 6.45) is 4.09. The first-order valence-electron chi connectivity index (χ1n) is 4.98. The van der Waals surface area contributed by atoms with E-state index < -0.39 is 0 Å². The van der Waals surface area contributed by atoms with E-state index in [1.165, 1.54) is 0 Å². The van der Waals surface area contributed by atoms with Crippen LogP contribution < -0.4 is 16.2 Å². The lowest BCUT2D eigenvalue weighted by atomic mass is 10.1. The molecule has 1 atom stereocenters. The highest BCUT2D eigenvalue weighted by atomic mass is 16.2. The Labute approximate surface area is 88.3 Å². The number of pyridine rings is 1. The van der Waals surface area contributed by atoms with Crippen LogP contribution >= 0.6 is 0 Å². The molecule has 3 N–H and O–H groups in total. The average Bonchev–Trinajstić information content (AvgIpc) is 2.28. The topological polar surface area (TPSA) is 66.0 Å². The van der Waals surface area contributed by atoms with Crippen LogP contribution in [0.5, 0.6) is 0 Å². The molecule has 1 unspecified atom stereocenters. The van der Waals surface area contributed by atoms with Gasteiger partial charge in [0.05, 0.1) is 0 Å². The Hall–Kier alpha value is -1.46. The van der Waals surface area contributed by atoms with Crippen LogP contribution in [0.1, 0.15) is 12.0 Å². The van der Waals surface area contributed by atoms with Crippen molar-refractivity contribution in [2.75, 3.05) is 6.54 Å². The van der Waals surface area contributed by atoms with Crippen molar-refractivity contribution in [2.24, 2.45) is 0 Å². The van der Waals surface area contributed by atoms with Crippen LogP contribution in [-0.2, 0) is 11.3 Å².